The van der Waals surface area contributed by atoms with E-state index in [2.05, 4.69) is 24.4 Å². The molecule has 2 unspecified atom stereocenters. The molecule has 20 heavy (non-hydrogen) atoms. The largest absolute Gasteiger partial charge is 0.495 e. The van der Waals surface area contributed by atoms with Crippen molar-refractivity contribution in [2.45, 2.75) is 44.9 Å². The van der Waals surface area contributed by atoms with Crippen molar-refractivity contribution in [1.82, 2.24) is 5.32 Å². The molecule has 0 aliphatic heterocycles. The minimum absolute atomic E-state index is 0.638. The normalized spacial score (nSPS) is 22.8. The molecule has 0 bridgehead atoms. The molecule has 0 radical (unpaired) electrons. The maximum Gasteiger partial charge on any atom is 0.137 e. The molecule has 0 spiro atoms. The summed E-state index contributed by atoms with van der Waals surface area (Å²) in [4.78, 5) is 0. The molecule has 1 N–H and O–H groups in total. The Morgan fingerprint density at radius 2 is 2.10 bits per heavy atom. The van der Waals surface area contributed by atoms with Crippen molar-refractivity contribution >= 4 is 11.6 Å². The highest BCUT2D eigenvalue weighted by molar-refractivity contribution is 6.32. The Hall–Kier alpha value is -0.730. The molecule has 0 aromatic heterocycles. The predicted molar refractivity (Wildman–Crippen MR) is 85.9 cm³/mol. The van der Waals surface area contributed by atoms with Gasteiger partial charge in [-0.2, -0.15) is 0 Å². The van der Waals surface area contributed by atoms with Crippen LogP contribution in [0.4, 0.5) is 0 Å². The van der Waals surface area contributed by atoms with E-state index in [4.69, 9.17) is 16.3 Å². The van der Waals surface area contributed by atoms with Gasteiger partial charge in [-0.15, -0.1) is 0 Å². The third-order valence-corrected chi connectivity index (χ3v) is 4.66. The molecule has 112 valence electrons. The number of hydrogen-bond acceptors (Lipinski definition) is 2. The fourth-order valence-corrected chi connectivity index (χ4v) is 3.46. The predicted octanol–water partition coefficient (Wildman–Crippen LogP) is 4.62. The van der Waals surface area contributed by atoms with Gasteiger partial charge in [-0.05, 0) is 61.9 Å². The lowest BCUT2D eigenvalue weighted by Gasteiger charge is -2.32. The van der Waals surface area contributed by atoms with Gasteiger partial charge in [0.1, 0.15) is 5.75 Å². The third-order valence-electron chi connectivity index (χ3n) is 4.35. The van der Waals surface area contributed by atoms with Crippen LogP contribution in [0, 0.1) is 5.92 Å². The number of nitrogens with one attached hydrogen (secondary N) is 1. The maximum absolute atomic E-state index is 6.14. The van der Waals surface area contributed by atoms with Crippen LogP contribution in [0.15, 0.2) is 18.2 Å². The van der Waals surface area contributed by atoms with Gasteiger partial charge < -0.3 is 10.1 Å². The minimum atomic E-state index is 0.638. The topological polar surface area (TPSA) is 21.3 Å². The molecule has 2 atom stereocenters. The zero-order valence-electron chi connectivity index (χ0n) is 12.6. The first kappa shape index (κ1) is 15.7. The van der Waals surface area contributed by atoms with E-state index in [1.54, 1.807) is 7.11 Å². The molecular weight excluding hydrogens is 270 g/mol. The number of methoxy groups -OCH3 is 1. The second-order valence-electron chi connectivity index (χ2n) is 5.75. The molecule has 0 heterocycles. The molecule has 2 nitrogen and oxygen atoms in total. The van der Waals surface area contributed by atoms with E-state index in [1.165, 1.54) is 37.7 Å². The SMILES string of the molecule is CCCNCC1CCCCC1c1ccc(Cl)c(OC)c1. The van der Waals surface area contributed by atoms with E-state index in [-0.39, 0.29) is 0 Å². The summed E-state index contributed by atoms with van der Waals surface area (Å²) in [5.41, 5.74) is 1.38. The summed E-state index contributed by atoms with van der Waals surface area (Å²) in [6, 6.07) is 6.28. The number of rotatable bonds is 6. The number of benzene rings is 1. The van der Waals surface area contributed by atoms with Crippen molar-refractivity contribution in [2.24, 2.45) is 5.92 Å². The Bertz CT molecular complexity index is 421. The van der Waals surface area contributed by atoms with Crippen molar-refractivity contribution < 1.29 is 4.74 Å². The van der Waals surface area contributed by atoms with Gasteiger partial charge in [0.25, 0.3) is 0 Å². The number of hydrogen-bond donors (Lipinski definition) is 1. The van der Waals surface area contributed by atoms with Gasteiger partial charge in [-0.3, -0.25) is 0 Å². The summed E-state index contributed by atoms with van der Waals surface area (Å²) in [6.07, 6.45) is 6.50. The van der Waals surface area contributed by atoms with Gasteiger partial charge in [0.05, 0.1) is 12.1 Å². The Balaban J connectivity index is 2.10. The van der Waals surface area contributed by atoms with Gasteiger partial charge in [0.15, 0.2) is 0 Å². The summed E-state index contributed by atoms with van der Waals surface area (Å²) in [5.74, 6) is 2.18. The highest BCUT2D eigenvalue weighted by Crippen LogP contribution is 2.39. The molecular formula is C17H26ClNO. The van der Waals surface area contributed by atoms with Gasteiger partial charge in [-0.25, -0.2) is 0 Å². The van der Waals surface area contributed by atoms with E-state index >= 15 is 0 Å². The van der Waals surface area contributed by atoms with Gasteiger partial charge in [0.2, 0.25) is 0 Å². The molecule has 1 fully saturated rings. The lowest BCUT2D eigenvalue weighted by Crippen LogP contribution is -2.30. The van der Waals surface area contributed by atoms with Crippen molar-refractivity contribution in [3.05, 3.63) is 28.8 Å². The quantitative estimate of drug-likeness (QED) is 0.773. The standard InChI is InChI=1S/C17H26ClNO/c1-3-10-19-12-14-6-4-5-7-15(14)13-8-9-16(18)17(11-13)20-2/h8-9,11,14-15,19H,3-7,10,12H2,1-2H3. The van der Waals surface area contributed by atoms with Crippen molar-refractivity contribution in [3.63, 3.8) is 0 Å². The smallest absolute Gasteiger partial charge is 0.137 e. The first-order chi connectivity index (χ1) is 9.76. The molecule has 1 aliphatic rings. The summed E-state index contributed by atoms with van der Waals surface area (Å²) in [6.45, 7) is 4.46. The van der Waals surface area contributed by atoms with Gasteiger partial charge >= 0.3 is 0 Å². The highest BCUT2D eigenvalue weighted by atomic mass is 35.5. The van der Waals surface area contributed by atoms with Crippen LogP contribution in [0.5, 0.6) is 5.75 Å². The fourth-order valence-electron chi connectivity index (χ4n) is 3.26. The lowest BCUT2D eigenvalue weighted by molar-refractivity contribution is 0.295. The second kappa shape index (κ2) is 7.90. The maximum atomic E-state index is 6.14. The van der Waals surface area contributed by atoms with Crippen LogP contribution in [0.2, 0.25) is 5.02 Å². The summed E-state index contributed by atoms with van der Waals surface area (Å²) in [7, 11) is 1.69. The van der Waals surface area contributed by atoms with E-state index in [0.717, 1.165) is 24.8 Å². The second-order valence-corrected chi connectivity index (χ2v) is 6.16. The Labute approximate surface area is 127 Å². The Morgan fingerprint density at radius 3 is 2.85 bits per heavy atom. The Morgan fingerprint density at radius 1 is 1.30 bits per heavy atom. The first-order valence-electron chi connectivity index (χ1n) is 7.80. The zero-order valence-corrected chi connectivity index (χ0v) is 13.4. The van der Waals surface area contributed by atoms with Crippen molar-refractivity contribution in [1.29, 1.82) is 0 Å². The first-order valence-corrected chi connectivity index (χ1v) is 8.18. The van der Waals surface area contributed by atoms with Gasteiger partial charge in [0, 0.05) is 0 Å². The average molecular weight is 296 g/mol. The molecule has 1 aliphatic carbocycles. The molecule has 1 saturated carbocycles. The van der Waals surface area contributed by atoms with Crippen LogP contribution in [0.25, 0.3) is 0 Å². The van der Waals surface area contributed by atoms with E-state index in [9.17, 15) is 0 Å². The van der Waals surface area contributed by atoms with Crippen LogP contribution in [-0.4, -0.2) is 20.2 Å². The fraction of sp³-hybridized carbons (Fsp3) is 0.647. The molecule has 0 saturated heterocycles. The van der Waals surface area contributed by atoms with Crippen LogP contribution in [0.3, 0.4) is 0 Å². The number of ether oxygens (including phenoxy) is 1. The third kappa shape index (κ3) is 3.89. The van der Waals surface area contributed by atoms with Crippen molar-refractivity contribution in [3.8, 4) is 5.75 Å². The monoisotopic (exact) mass is 295 g/mol. The zero-order chi connectivity index (χ0) is 14.4. The van der Waals surface area contributed by atoms with E-state index in [1.807, 2.05) is 6.07 Å². The van der Waals surface area contributed by atoms with Crippen molar-refractivity contribution in [2.75, 3.05) is 20.2 Å². The molecule has 1 aromatic rings. The number of halogens is 1. The summed E-state index contributed by atoms with van der Waals surface area (Å²) >= 11 is 6.14. The molecule has 2 rings (SSSR count). The average Bonchev–Trinajstić information content (AvgIpc) is 2.49. The molecule has 1 aromatic carbocycles. The Kier molecular flexibility index (Phi) is 6.18. The van der Waals surface area contributed by atoms with Gasteiger partial charge in [-0.1, -0.05) is 37.4 Å². The summed E-state index contributed by atoms with van der Waals surface area (Å²) in [5, 5.41) is 4.29. The van der Waals surface area contributed by atoms with Crippen LogP contribution in [-0.2, 0) is 0 Å². The summed E-state index contributed by atoms with van der Waals surface area (Å²) < 4.78 is 5.36. The van der Waals surface area contributed by atoms with E-state index < -0.39 is 0 Å². The molecule has 0 amide bonds. The highest BCUT2D eigenvalue weighted by Gasteiger charge is 2.26. The van der Waals surface area contributed by atoms with Crippen LogP contribution in [0.1, 0.15) is 50.5 Å². The minimum Gasteiger partial charge on any atom is -0.495 e. The molecule has 3 heteroatoms. The van der Waals surface area contributed by atoms with Crippen LogP contribution < -0.4 is 10.1 Å². The lowest BCUT2D eigenvalue weighted by atomic mass is 9.75. The van der Waals surface area contributed by atoms with Crippen LogP contribution >= 0.6 is 11.6 Å². The van der Waals surface area contributed by atoms with E-state index in [0.29, 0.717) is 10.9 Å².